The maximum absolute atomic E-state index is 13.4. The lowest BCUT2D eigenvalue weighted by atomic mass is 9.80. The maximum atomic E-state index is 13.4. The molecule has 0 spiro atoms. The van der Waals surface area contributed by atoms with E-state index in [0.29, 0.717) is 0 Å². The van der Waals surface area contributed by atoms with E-state index in [4.69, 9.17) is 4.52 Å². The average molecular weight is 482 g/mol. The van der Waals surface area contributed by atoms with Crippen molar-refractivity contribution in [1.82, 2.24) is 19.2 Å². The molecule has 2 aliphatic carbocycles. The summed E-state index contributed by atoms with van der Waals surface area (Å²) in [4.78, 5) is -0.00509. The van der Waals surface area contributed by atoms with Gasteiger partial charge in [0.25, 0.3) is 0 Å². The fourth-order valence-corrected chi connectivity index (χ4v) is 6.78. The van der Waals surface area contributed by atoms with E-state index >= 15 is 0 Å². The number of halogens is 1. The monoisotopic (exact) mass is 481 g/mol. The number of nitrogens with zero attached hydrogens (tertiary/aromatic N) is 5. The number of sulfonamides is 1. The maximum Gasteiger partial charge on any atom is 0.249 e. The number of hydrogen-bond acceptors (Lipinski definition) is 6. The van der Waals surface area contributed by atoms with Crippen molar-refractivity contribution >= 4 is 10.0 Å². The van der Waals surface area contributed by atoms with Crippen LogP contribution >= 0.6 is 0 Å². The van der Waals surface area contributed by atoms with E-state index in [0.717, 1.165) is 36.2 Å². The molecule has 0 saturated carbocycles. The molecule has 0 bridgehead atoms. The molecular weight excluding hydrogens is 457 g/mol. The summed E-state index contributed by atoms with van der Waals surface area (Å²) in [6.07, 6.45) is 5.45. The molecule has 0 radical (unpaired) electrons. The lowest BCUT2D eigenvalue weighted by molar-refractivity contribution is 0.378. The molecule has 3 aromatic rings. The zero-order valence-corrected chi connectivity index (χ0v) is 19.7. The highest BCUT2D eigenvalue weighted by Gasteiger charge is 2.39. The van der Waals surface area contributed by atoms with Gasteiger partial charge in [0.05, 0.1) is 29.8 Å². The molecule has 176 valence electrons. The summed E-state index contributed by atoms with van der Waals surface area (Å²) in [6, 6.07) is 8.27. The first kappa shape index (κ1) is 22.5. The van der Waals surface area contributed by atoms with Gasteiger partial charge < -0.3 is 4.52 Å². The van der Waals surface area contributed by atoms with Gasteiger partial charge in [0.15, 0.2) is 5.76 Å². The number of nitriles is 1. The molecule has 0 aliphatic heterocycles. The molecule has 2 aromatic heterocycles. The lowest BCUT2D eigenvalue weighted by Crippen LogP contribution is -2.36. The Hall–Kier alpha value is -3.29. The molecule has 2 heterocycles. The zero-order valence-electron chi connectivity index (χ0n) is 18.9. The highest BCUT2D eigenvalue weighted by atomic mass is 32.2. The van der Waals surface area contributed by atoms with Crippen molar-refractivity contribution in [3.05, 3.63) is 70.6 Å². The normalized spacial score (nSPS) is 19.9. The standard InChI is InChI=1S/C24H24FN5O3S/c1-15-21-12-27-30(20-7-5-19(25)6-8-20)22(21)11-17-3-4-18(24(15)17)14-29(10-9-26)34(31,32)23-13-28-33-16(23)2/h5-8,12-13,15,18H,3-4,10-11,14H2,1-2H3/t15-,18+/m0/s1. The molecule has 0 N–H and O–H groups in total. The zero-order chi connectivity index (χ0) is 24.0. The predicted molar refractivity (Wildman–Crippen MR) is 121 cm³/mol. The van der Waals surface area contributed by atoms with Gasteiger partial charge in [0.1, 0.15) is 17.3 Å². The molecule has 10 heteroatoms. The van der Waals surface area contributed by atoms with Crippen molar-refractivity contribution in [2.45, 2.75) is 43.9 Å². The first-order chi connectivity index (χ1) is 16.3. The average Bonchev–Trinajstić information content (AvgIpc) is 3.53. The number of aromatic nitrogens is 3. The third kappa shape index (κ3) is 3.65. The topological polar surface area (TPSA) is 105 Å². The van der Waals surface area contributed by atoms with Gasteiger partial charge in [-0.05, 0) is 49.9 Å². The molecule has 5 rings (SSSR count). The van der Waals surface area contributed by atoms with E-state index in [1.54, 1.807) is 19.1 Å². The first-order valence-electron chi connectivity index (χ1n) is 11.1. The third-order valence-corrected chi connectivity index (χ3v) is 8.83. The van der Waals surface area contributed by atoms with Crippen LogP contribution in [0.4, 0.5) is 4.39 Å². The Morgan fingerprint density at radius 2 is 2.06 bits per heavy atom. The third-order valence-electron chi connectivity index (χ3n) is 6.92. The minimum atomic E-state index is -3.90. The molecule has 2 atom stereocenters. The van der Waals surface area contributed by atoms with Crippen LogP contribution in [0.1, 0.15) is 42.7 Å². The van der Waals surface area contributed by atoms with Gasteiger partial charge in [0, 0.05) is 24.4 Å². The van der Waals surface area contributed by atoms with Crippen molar-refractivity contribution in [3.63, 3.8) is 0 Å². The molecule has 34 heavy (non-hydrogen) atoms. The van der Waals surface area contributed by atoms with E-state index in [1.165, 1.54) is 33.8 Å². The first-order valence-corrected chi connectivity index (χ1v) is 12.6. The van der Waals surface area contributed by atoms with Gasteiger partial charge in [-0.25, -0.2) is 17.5 Å². The summed E-state index contributed by atoms with van der Waals surface area (Å²) in [7, 11) is -3.90. The SMILES string of the molecule is Cc1oncc1S(=O)(=O)N(CC#N)C[C@H]1CCC2=C1[C@@H](C)c1cnn(-c3ccc(F)cc3)c1C2. The van der Waals surface area contributed by atoms with Gasteiger partial charge in [-0.1, -0.05) is 23.2 Å². The summed E-state index contributed by atoms with van der Waals surface area (Å²) in [5, 5.41) is 17.5. The number of fused-ring (bicyclic) bond motifs is 1. The molecule has 0 fully saturated rings. The largest absolute Gasteiger partial charge is 0.360 e. The number of benzene rings is 1. The fourth-order valence-electron chi connectivity index (χ4n) is 5.33. The summed E-state index contributed by atoms with van der Waals surface area (Å²) in [6.45, 7) is 3.65. The Labute approximate surface area is 197 Å². The number of rotatable bonds is 6. The Morgan fingerprint density at radius 1 is 1.29 bits per heavy atom. The van der Waals surface area contributed by atoms with Crippen molar-refractivity contribution in [3.8, 4) is 11.8 Å². The van der Waals surface area contributed by atoms with Gasteiger partial charge in [0.2, 0.25) is 10.0 Å². The van der Waals surface area contributed by atoms with Crippen LogP contribution in [0.25, 0.3) is 5.69 Å². The Kier molecular flexibility index (Phi) is 5.62. The van der Waals surface area contributed by atoms with Crippen LogP contribution in [-0.4, -0.2) is 40.7 Å². The van der Waals surface area contributed by atoms with Crippen LogP contribution in [-0.2, 0) is 16.4 Å². The van der Waals surface area contributed by atoms with E-state index in [2.05, 4.69) is 17.2 Å². The van der Waals surface area contributed by atoms with Crippen LogP contribution in [0.2, 0.25) is 0 Å². The van der Waals surface area contributed by atoms with Crippen molar-refractivity contribution in [1.29, 1.82) is 5.26 Å². The molecule has 0 saturated heterocycles. The summed E-state index contributed by atoms with van der Waals surface area (Å²) in [5.41, 5.74) is 5.53. The molecular formula is C24H24FN5O3S. The van der Waals surface area contributed by atoms with E-state index < -0.39 is 10.0 Å². The Morgan fingerprint density at radius 3 is 2.74 bits per heavy atom. The smallest absolute Gasteiger partial charge is 0.249 e. The Bertz CT molecular complexity index is 1420. The van der Waals surface area contributed by atoms with Gasteiger partial charge in [-0.3, -0.25) is 0 Å². The van der Waals surface area contributed by atoms with Crippen LogP contribution in [0.15, 0.2) is 57.2 Å². The van der Waals surface area contributed by atoms with E-state index in [9.17, 15) is 18.1 Å². The summed E-state index contributed by atoms with van der Waals surface area (Å²) >= 11 is 0. The quantitative estimate of drug-likeness (QED) is 0.391. The van der Waals surface area contributed by atoms with Crippen LogP contribution < -0.4 is 0 Å². The molecule has 1 aromatic carbocycles. The second-order valence-corrected chi connectivity index (χ2v) is 10.7. The fraction of sp³-hybridized carbons (Fsp3) is 0.375. The van der Waals surface area contributed by atoms with Crippen LogP contribution in [0.5, 0.6) is 0 Å². The highest BCUT2D eigenvalue weighted by Crippen LogP contribution is 2.47. The predicted octanol–water partition coefficient (Wildman–Crippen LogP) is 3.89. The number of allylic oxidation sites excluding steroid dienone is 1. The van der Waals surface area contributed by atoms with Gasteiger partial charge >= 0.3 is 0 Å². The minimum Gasteiger partial charge on any atom is -0.360 e. The summed E-state index contributed by atoms with van der Waals surface area (Å²) < 4.78 is 47.9. The molecule has 8 nitrogen and oxygen atoms in total. The van der Waals surface area contributed by atoms with E-state index in [-0.39, 0.29) is 41.4 Å². The van der Waals surface area contributed by atoms with Crippen molar-refractivity contribution < 1.29 is 17.3 Å². The highest BCUT2D eigenvalue weighted by molar-refractivity contribution is 7.89. The van der Waals surface area contributed by atoms with Crippen molar-refractivity contribution in [2.75, 3.05) is 13.1 Å². The van der Waals surface area contributed by atoms with Crippen molar-refractivity contribution in [2.24, 2.45) is 5.92 Å². The minimum absolute atomic E-state index is 0.00509. The van der Waals surface area contributed by atoms with Gasteiger partial charge in [-0.2, -0.15) is 14.7 Å². The van der Waals surface area contributed by atoms with E-state index in [1.807, 2.05) is 16.9 Å². The van der Waals surface area contributed by atoms with Crippen LogP contribution in [0.3, 0.4) is 0 Å². The second-order valence-electron chi connectivity index (χ2n) is 8.83. The molecule has 0 unspecified atom stereocenters. The number of aryl methyl sites for hydroxylation is 1. The number of hydrogen-bond donors (Lipinski definition) is 0. The summed E-state index contributed by atoms with van der Waals surface area (Å²) in [5.74, 6) is -0.00165. The lowest BCUT2D eigenvalue weighted by Gasteiger charge is -2.29. The second kappa shape index (κ2) is 8.49. The van der Waals surface area contributed by atoms with Gasteiger partial charge in [-0.15, -0.1) is 0 Å². The van der Waals surface area contributed by atoms with Crippen LogP contribution in [0, 0.1) is 30.0 Å². The molecule has 2 aliphatic rings. The molecule has 0 amide bonds. The Balaban J connectivity index is 1.44.